The summed E-state index contributed by atoms with van der Waals surface area (Å²) >= 11 is 12.5. The van der Waals surface area contributed by atoms with Crippen molar-refractivity contribution in [3.63, 3.8) is 0 Å². The number of halogens is 3. The molecule has 1 aromatic heterocycles. The molecule has 0 aliphatic carbocycles. The van der Waals surface area contributed by atoms with Crippen LogP contribution in [0.5, 0.6) is 0 Å². The van der Waals surface area contributed by atoms with Gasteiger partial charge in [0.2, 0.25) is 0 Å². The lowest BCUT2D eigenvalue weighted by Crippen LogP contribution is -2.04. The van der Waals surface area contributed by atoms with Gasteiger partial charge in [-0.15, -0.1) is 0 Å². The second-order valence-corrected chi connectivity index (χ2v) is 6.64. The SMILES string of the molecule is Cc1ccc(-n2nc(-c3ccc(F)cc3Cl)c3c2NCC3)cc1Cl. The van der Waals surface area contributed by atoms with E-state index in [4.69, 9.17) is 28.3 Å². The number of fused-ring (bicyclic) bond motifs is 1. The van der Waals surface area contributed by atoms with Crippen molar-refractivity contribution in [2.75, 3.05) is 11.9 Å². The summed E-state index contributed by atoms with van der Waals surface area (Å²) in [6.07, 6.45) is 0.845. The maximum atomic E-state index is 13.4. The van der Waals surface area contributed by atoms with Crippen LogP contribution in [0.15, 0.2) is 36.4 Å². The first-order valence-electron chi connectivity index (χ1n) is 7.62. The first-order chi connectivity index (χ1) is 11.5. The summed E-state index contributed by atoms with van der Waals surface area (Å²) in [6.45, 7) is 2.79. The average Bonchev–Trinajstić information content (AvgIpc) is 3.13. The number of hydrogen-bond acceptors (Lipinski definition) is 2. The van der Waals surface area contributed by atoms with Crippen molar-refractivity contribution in [3.8, 4) is 16.9 Å². The first-order valence-corrected chi connectivity index (χ1v) is 8.38. The minimum Gasteiger partial charge on any atom is -0.369 e. The third kappa shape index (κ3) is 2.46. The van der Waals surface area contributed by atoms with Crippen LogP contribution in [0.2, 0.25) is 10.0 Å². The Balaban J connectivity index is 1.90. The molecule has 1 aliphatic heterocycles. The van der Waals surface area contributed by atoms with Crippen molar-refractivity contribution in [2.45, 2.75) is 13.3 Å². The van der Waals surface area contributed by atoms with Crippen LogP contribution in [-0.2, 0) is 6.42 Å². The van der Waals surface area contributed by atoms with Crippen molar-refractivity contribution in [1.29, 1.82) is 0 Å². The molecule has 2 heterocycles. The van der Waals surface area contributed by atoms with E-state index in [9.17, 15) is 4.39 Å². The number of anilines is 1. The molecule has 0 radical (unpaired) electrons. The molecule has 4 rings (SSSR count). The number of benzene rings is 2. The second-order valence-electron chi connectivity index (χ2n) is 5.82. The van der Waals surface area contributed by atoms with Gasteiger partial charge in [-0.05, 0) is 49.2 Å². The van der Waals surface area contributed by atoms with Gasteiger partial charge in [-0.2, -0.15) is 5.10 Å². The molecule has 1 N–H and O–H groups in total. The van der Waals surface area contributed by atoms with Crippen LogP contribution >= 0.6 is 23.2 Å². The number of nitrogens with zero attached hydrogens (tertiary/aromatic N) is 2. The van der Waals surface area contributed by atoms with Crippen LogP contribution in [0.3, 0.4) is 0 Å². The third-order valence-electron chi connectivity index (χ3n) is 4.24. The molecule has 3 nitrogen and oxygen atoms in total. The molecule has 0 bridgehead atoms. The summed E-state index contributed by atoms with van der Waals surface area (Å²) in [6, 6.07) is 10.2. The lowest BCUT2D eigenvalue weighted by molar-refractivity contribution is 0.628. The fourth-order valence-corrected chi connectivity index (χ4v) is 3.40. The Labute approximate surface area is 149 Å². The van der Waals surface area contributed by atoms with Crippen LogP contribution in [0.1, 0.15) is 11.1 Å². The van der Waals surface area contributed by atoms with E-state index in [2.05, 4.69) is 5.32 Å². The Morgan fingerprint density at radius 1 is 1.12 bits per heavy atom. The van der Waals surface area contributed by atoms with Crippen LogP contribution in [-0.4, -0.2) is 16.3 Å². The molecule has 0 saturated carbocycles. The minimum atomic E-state index is -0.358. The van der Waals surface area contributed by atoms with E-state index in [0.717, 1.165) is 46.9 Å². The van der Waals surface area contributed by atoms with Gasteiger partial charge in [0, 0.05) is 22.7 Å². The van der Waals surface area contributed by atoms with Crippen molar-refractivity contribution in [2.24, 2.45) is 0 Å². The minimum absolute atomic E-state index is 0.358. The summed E-state index contributed by atoms with van der Waals surface area (Å²) in [5.74, 6) is 0.577. The largest absolute Gasteiger partial charge is 0.369 e. The van der Waals surface area contributed by atoms with E-state index < -0.39 is 0 Å². The fourth-order valence-electron chi connectivity index (χ4n) is 2.97. The molecule has 2 aromatic carbocycles. The first kappa shape index (κ1) is 15.5. The number of nitrogens with one attached hydrogen (secondary N) is 1. The van der Waals surface area contributed by atoms with Gasteiger partial charge in [-0.3, -0.25) is 0 Å². The van der Waals surface area contributed by atoms with Gasteiger partial charge >= 0.3 is 0 Å². The maximum Gasteiger partial charge on any atom is 0.133 e. The fraction of sp³-hybridized carbons (Fsp3) is 0.167. The number of rotatable bonds is 2. The van der Waals surface area contributed by atoms with E-state index >= 15 is 0 Å². The second kappa shape index (κ2) is 5.80. The molecule has 0 fully saturated rings. The third-order valence-corrected chi connectivity index (χ3v) is 4.96. The van der Waals surface area contributed by atoms with E-state index in [1.165, 1.54) is 12.1 Å². The van der Waals surface area contributed by atoms with Gasteiger partial charge in [0.1, 0.15) is 11.6 Å². The molecule has 3 aromatic rings. The Hall–Kier alpha value is -2.04. The van der Waals surface area contributed by atoms with Gasteiger partial charge in [0.25, 0.3) is 0 Å². The zero-order valence-corrected chi connectivity index (χ0v) is 14.4. The molecule has 24 heavy (non-hydrogen) atoms. The molecule has 0 amide bonds. The maximum absolute atomic E-state index is 13.4. The van der Waals surface area contributed by atoms with Gasteiger partial charge < -0.3 is 5.32 Å². The van der Waals surface area contributed by atoms with Crippen molar-refractivity contribution >= 4 is 29.0 Å². The molecule has 0 saturated heterocycles. The highest BCUT2D eigenvalue weighted by Crippen LogP contribution is 2.38. The normalized spacial score (nSPS) is 13.0. The van der Waals surface area contributed by atoms with Crippen molar-refractivity contribution in [1.82, 2.24) is 9.78 Å². The molecule has 0 spiro atoms. The Morgan fingerprint density at radius 2 is 1.96 bits per heavy atom. The zero-order chi connectivity index (χ0) is 16.8. The Morgan fingerprint density at radius 3 is 2.71 bits per heavy atom. The Bertz CT molecular complexity index is 950. The highest BCUT2D eigenvalue weighted by atomic mass is 35.5. The van der Waals surface area contributed by atoms with Gasteiger partial charge in [-0.1, -0.05) is 29.3 Å². The van der Waals surface area contributed by atoms with Gasteiger partial charge in [0.15, 0.2) is 0 Å². The van der Waals surface area contributed by atoms with Gasteiger partial charge in [-0.25, -0.2) is 9.07 Å². The molecule has 6 heteroatoms. The van der Waals surface area contributed by atoms with E-state index in [0.29, 0.717) is 10.0 Å². The van der Waals surface area contributed by atoms with Crippen LogP contribution in [0.25, 0.3) is 16.9 Å². The topological polar surface area (TPSA) is 29.9 Å². The van der Waals surface area contributed by atoms with Crippen LogP contribution in [0.4, 0.5) is 10.2 Å². The van der Waals surface area contributed by atoms with E-state index in [-0.39, 0.29) is 5.82 Å². The van der Waals surface area contributed by atoms with E-state index in [1.54, 1.807) is 6.07 Å². The monoisotopic (exact) mass is 361 g/mol. The molecular formula is C18H14Cl2FN3. The number of aryl methyl sites for hydroxylation is 1. The highest BCUT2D eigenvalue weighted by Gasteiger charge is 2.25. The van der Waals surface area contributed by atoms with Crippen molar-refractivity contribution < 1.29 is 4.39 Å². The molecule has 1 aliphatic rings. The van der Waals surface area contributed by atoms with Crippen LogP contribution in [0, 0.1) is 12.7 Å². The lowest BCUT2D eigenvalue weighted by Gasteiger charge is -2.08. The standard InChI is InChI=1S/C18H14Cl2FN3/c1-10-2-4-12(9-15(10)19)24-18-14(6-7-22-18)17(23-24)13-5-3-11(21)8-16(13)20/h2-5,8-9,22H,6-7H2,1H3. The summed E-state index contributed by atoms with van der Waals surface area (Å²) in [7, 11) is 0. The number of aromatic nitrogens is 2. The molecular weight excluding hydrogens is 348 g/mol. The zero-order valence-electron chi connectivity index (χ0n) is 12.9. The number of hydrogen-bond donors (Lipinski definition) is 1. The van der Waals surface area contributed by atoms with Gasteiger partial charge in [0.05, 0.1) is 16.4 Å². The summed E-state index contributed by atoms with van der Waals surface area (Å²) < 4.78 is 15.2. The molecule has 122 valence electrons. The molecule has 0 unspecified atom stereocenters. The van der Waals surface area contributed by atoms with E-state index in [1.807, 2.05) is 29.8 Å². The smallest absolute Gasteiger partial charge is 0.133 e. The lowest BCUT2D eigenvalue weighted by atomic mass is 10.1. The predicted molar refractivity (Wildman–Crippen MR) is 95.9 cm³/mol. The quantitative estimate of drug-likeness (QED) is 0.674. The highest BCUT2D eigenvalue weighted by molar-refractivity contribution is 6.33. The van der Waals surface area contributed by atoms with Crippen LogP contribution < -0.4 is 5.32 Å². The van der Waals surface area contributed by atoms with Crippen molar-refractivity contribution in [3.05, 3.63) is 63.4 Å². The summed E-state index contributed by atoms with van der Waals surface area (Å²) in [5.41, 5.74) is 4.48. The summed E-state index contributed by atoms with van der Waals surface area (Å²) in [5, 5.41) is 9.13. The predicted octanol–water partition coefficient (Wildman–Crippen LogP) is 5.26. The summed E-state index contributed by atoms with van der Waals surface area (Å²) in [4.78, 5) is 0. The average molecular weight is 362 g/mol. The molecule has 0 atom stereocenters. The Kier molecular flexibility index (Phi) is 3.74.